The van der Waals surface area contributed by atoms with E-state index in [0.717, 1.165) is 56.0 Å². The van der Waals surface area contributed by atoms with Gasteiger partial charge in [-0.15, -0.1) is 12.4 Å². The van der Waals surface area contributed by atoms with Gasteiger partial charge >= 0.3 is 0 Å². The fourth-order valence-electron chi connectivity index (χ4n) is 5.11. The van der Waals surface area contributed by atoms with Crippen molar-refractivity contribution in [3.63, 3.8) is 0 Å². The van der Waals surface area contributed by atoms with E-state index in [9.17, 15) is 10.1 Å². The van der Waals surface area contributed by atoms with Crippen LogP contribution in [0, 0.1) is 17.2 Å². The topological polar surface area (TPSA) is 65.4 Å². The standard InChI is InChI=1S/C29H29N3O2.ClH/c30-17-21-8-13-28-26(16-21)27-19-32(18-25(27)20-34-28)15-5-4-14-31-29(33)24-11-9-23(10-12-24)22-6-2-1-3-7-22;/h1-3,6-13,16,25,27H,4-5,14-15,18-20H2,(H,31,33);1H/t25-,27+;/m1./s1. The van der Waals surface area contributed by atoms with Crippen LogP contribution in [0.2, 0.25) is 0 Å². The second-order valence-electron chi connectivity index (χ2n) is 9.21. The molecule has 35 heavy (non-hydrogen) atoms. The molecule has 2 aliphatic rings. The Morgan fingerprint density at radius 2 is 1.77 bits per heavy atom. The average molecular weight is 488 g/mol. The molecule has 0 aliphatic carbocycles. The number of amides is 1. The minimum absolute atomic E-state index is 0. The number of halogens is 1. The van der Waals surface area contributed by atoms with Crippen LogP contribution in [-0.2, 0) is 0 Å². The number of fused-ring (bicyclic) bond motifs is 3. The molecule has 1 N–H and O–H groups in total. The minimum Gasteiger partial charge on any atom is -0.493 e. The Balaban J connectivity index is 0.00000289. The van der Waals surface area contributed by atoms with Gasteiger partial charge in [0.1, 0.15) is 5.75 Å². The SMILES string of the molecule is Cl.N#Cc1ccc2c(c1)[C@H]1CN(CCCCNC(=O)c3ccc(-c4ccccc4)cc3)C[C@@H]1CO2. The number of ether oxygens (including phenoxy) is 1. The van der Waals surface area contributed by atoms with Gasteiger partial charge in [-0.25, -0.2) is 0 Å². The number of rotatable bonds is 7. The van der Waals surface area contributed by atoms with Crippen molar-refractivity contribution in [3.8, 4) is 22.9 Å². The Kier molecular flexibility index (Phi) is 8.07. The van der Waals surface area contributed by atoms with Gasteiger partial charge in [0.25, 0.3) is 5.91 Å². The fourth-order valence-corrected chi connectivity index (χ4v) is 5.11. The van der Waals surface area contributed by atoms with E-state index < -0.39 is 0 Å². The first kappa shape index (κ1) is 24.8. The normalized spacial score (nSPS) is 18.4. The molecular weight excluding hydrogens is 458 g/mol. The van der Waals surface area contributed by atoms with E-state index in [1.807, 2.05) is 60.7 Å². The number of nitriles is 1. The number of carbonyl (C=O) groups is 1. The monoisotopic (exact) mass is 487 g/mol. The van der Waals surface area contributed by atoms with E-state index in [1.54, 1.807) is 0 Å². The van der Waals surface area contributed by atoms with Gasteiger partial charge in [-0.05, 0) is 60.8 Å². The number of nitrogens with one attached hydrogen (secondary N) is 1. The molecule has 0 unspecified atom stereocenters. The van der Waals surface area contributed by atoms with Crippen LogP contribution >= 0.6 is 12.4 Å². The van der Waals surface area contributed by atoms with Gasteiger partial charge in [0.15, 0.2) is 0 Å². The highest BCUT2D eigenvalue weighted by Gasteiger charge is 2.38. The first-order chi connectivity index (χ1) is 16.7. The van der Waals surface area contributed by atoms with Crippen LogP contribution in [0.5, 0.6) is 5.75 Å². The van der Waals surface area contributed by atoms with Gasteiger partial charge in [0.2, 0.25) is 0 Å². The molecule has 2 atom stereocenters. The van der Waals surface area contributed by atoms with Gasteiger partial charge in [0, 0.05) is 42.6 Å². The molecule has 1 saturated heterocycles. The summed E-state index contributed by atoms with van der Waals surface area (Å²) in [5, 5.41) is 12.3. The predicted molar refractivity (Wildman–Crippen MR) is 140 cm³/mol. The van der Waals surface area contributed by atoms with Crippen molar-refractivity contribution in [1.82, 2.24) is 10.2 Å². The van der Waals surface area contributed by atoms with Crippen molar-refractivity contribution < 1.29 is 9.53 Å². The predicted octanol–water partition coefficient (Wildman–Crippen LogP) is 5.27. The maximum absolute atomic E-state index is 12.5. The molecule has 1 amide bonds. The third kappa shape index (κ3) is 5.67. The lowest BCUT2D eigenvalue weighted by molar-refractivity contribution is 0.0952. The zero-order valence-corrected chi connectivity index (χ0v) is 20.5. The maximum Gasteiger partial charge on any atom is 0.251 e. The Labute approximate surface area is 213 Å². The lowest BCUT2D eigenvalue weighted by atomic mass is 9.86. The van der Waals surface area contributed by atoms with E-state index in [4.69, 9.17) is 4.74 Å². The number of likely N-dealkylation sites (tertiary alicyclic amines) is 1. The van der Waals surface area contributed by atoms with E-state index in [-0.39, 0.29) is 18.3 Å². The van der Waals surface area contributed by atoms with Gasteiger partial charge < -0.3 is 15.0 Å². The Morgan fingerprint density at radius 1 is 1.00 bits per heavy atom. The zero-order valence-electron chi connectivity index (χ0n) is 19.7. The number of hydrogen-bond acceptors (Lipinski definition) is 4. The van der Waals surface area contributed by atoms with Crippen LogP contribution in [0.4, 0.5) is 0 Å². The summed E-state index contributed by atoms with van der Waals surface area (Å²) in [7, 11) is 0. The molecular formula is C29H30ClN3O2. The van der Waals surface area contributed by atoms with Crippen molar-refractivity contribution in [2.45, 2.75) is 18.8 Å². The molecule has 0 saturated carbocycles. The molecule has 0 spiro atoms. The molecule has 6 heteroatoms. The second kappa shape index (κ2) is 11.4. The van der Waals surface area contributed by atoms with Crippen LogP contribution in [-0.4, -0.2) is 43.6 Å². The molecule has 3 aromatic rings. The zero-order chi connectivity index (χ0) is 23.3. The van der Waals surface area contributed by atoms with E-state index in [2.05, 4.69) is 28.4 Å². The van der Waals surface area contributed by atoms with Crippen molar-refractivity contribution in [2.75, 3.05) is 32.8 Å². The van der Waals surface area contributed by atoms with E-state index >= 15 is 0 Å². The molecule has 0 aromatic heterocycles. The number of unbranched alkanes of at least 4 members (excludes halogenated alkanes) is 1. The first-order valence-corrected chi connectivity index (χ1v) is 12.0. The smallest absolute Gasteiger partial charge is 0.251 e. The van der Waals surface area contributed by atoms with Crippen LogP contribution in [0.15, 0.2) is 72.8 Å². The quantitative estimate of drug-likeness (QED) is 0.461. The molecule has 2 aliphatic heterocycles. The van der Waals surface area contributed by atoms with Gasteiger partial charge in [0.05, 0.1) is 18.2 Å². The van der Waals surface area contributed by atoms with Gasteiger partial charge in [-0.3, -0.25) is 4.79 Å². The molecule has 3 aromatic carbocycles. The molecule has 2 heterocycles. The third-order valence-corrected chi connectivity index (χ3v) is 6.95. The summed E-state index contributed by atoms with van der Waals surface area (Å²) < 4.78 is 5.95. The molecule has 0 radical (unpaired) electrons. The average Bonchev–Trinajstić information content (AvgIpc) is 3.32. The summed E-state index contributed by atoms with van der Waals surface area (Å²) in [6, 6.07) is 26.0. The lowest BCUT2D eigenvalue weighted by Gasteiger charge is -2.27. The van der Waals surface area contributed by atoms with Crippen molar-refractivity contribution in [2.24, 2.45) is 5.92 Å². The van der Waals surface area contributed by atoms with Crippen molar-refractivity contribution >= 4 is 18.3 Å². The van der Waals surface area contributed by atoms with Crippen LogP contribution in [0.25, 0.3) is 11.1 Å². The minimum atomic E-state index is -0.0196. The highest BCUT2D eigenvalue weighted by molar-refractivity contribution is 5.94. The molecule has 5 rings (SSSR count). The summed E-state index contributed by atoms with van der Waals surface area (Å²) in [5.41, 5.74) is 4.84. The molecule has 1 fully saturated rings. The second-order valence-corrected chi connectivity index (χ2v) is 9.21. The largest absolute Gasteiger partial charge is 0.493 e. The number of benzene rings is 3. The Hall–Kier alpha value is -3.33. The Bertz CT molecular complexity index is 1190. The lowest BCUT2D eigenvalue weighted by Crippen LogP contribution is -2.27. The van der Waals surface area contributed by atoms with Gasteiger partial charge in [-0.1, -0.05) is 42.5 Å². The summed E-state index contributed by atoms with van der Waals surface area (Å²) in [6.07, 6.45) is 1.99. The fraction of sp³-hybridized carbons (Fsp3) is 0.310. The summed E-state index contributed by atoms with van der Waals surface area (Å²) in [4.78, 5) is 15.0. The number of carbonyl (C=O) groups excluding carboxylic acids is 1. The molecule has 180 valence electrons. The molecule has 0 bridgehead atoms. The maximum atomic E-state index is 12.5. The van der Waals surface area contributed by atoms with Crippen molar-refractivity contribution in [3.05, 3.63) is 89.5 Å². The van der Waals surface area contributed by atoms with Crippen LogP contribution < -0.4 is 10.1 Å². The van der Waals surface area contributed by atoms with Crippen LogP contribution in [0.3, 0.4) is 0 Å². The number of hydrogen-bond donors (Lipinski definition) is 1. The molecule has 5 nitrogen and oxygen atoms in total. The summed E-state index contributed by atoms with van der Waals surface area (Å²) in [5.74, 6) is 1.84. The summed E-state index contributed by atoms with van der Waals surface area (Å²) >= 11 is 0. The van der Waals surface area contributed by atoms with E-state index in [0.29, 0.717) is 29.5 Å². The van der Waals surface area contributed by atoms with Crippen LogP contribution in [0.1, 0.15) is 40.2 Å². The summed E-state index contributed by atoms with van der Waals surface area (Å²) in [6.45, 7) is 4.48. The van der Waals surface area contributed by atoms with Gasteiger partial charge in [-0.2, -0.15) is 5.26 Å². The first-order valence-electron chi connectivity index (χ1n) is 12.0. The highest BCUT2D eigenvalue weighted by atomic mass is 35.5. The highest BCUT2D eigenvalue weighted by Crippen LogP contribution is 2.41. The van der Waals surface area contributed by atoms with Crippen molar-refractivity contribution in [1.29, 1.82) is 5.26 Å². The Morgan fingerprint density at radius 3 is 2.54 bits per heavy atom. The number of nitrogens with zero attached hydrogens (tertiary/aromatic N) is 2. The van der Waals surface area contributed by atoms with E-state index in [1.165, 1.54) is 5.56 Å². The third-order valence-electron chi connectivity index (χ3n) is 6.95.